The van der Waals surface area contributed by atoms with Gasteiger partial charge >= 0.3 is 0 Å². The zero-order valence-electron chi connectivity index (χ0n) is 18.6. The first-order valence-corrected chi connectivity index (χ1v) is 11.7. The van der Waals surface area contributed by atoms with Crippen LogP contribution in [0.5, 0.6) is 0 Å². The van der Waals surface area contributed by atoms with Gasteiger partial charge in [-0.15, -0.1) is 0 Å². The summed E-state index contributed by atoms with van der Waals surface area (Å²) in [5.74, 6) is 1.19. The Morgan fingerprint density at radius 3 is 2.65 bits per heavy atom. The van der Waals surface area contributed by atoms with Crippen LogP contribution in [0.3, 0.4) is 0 Å². The molecule has 0 aliphatic carbocycles. The smallest absolute Gasteiger partial charge is 0.131 e. The van der Waals surface area contributed by atoms with Gasteiger partial charge in [-0.3, -0.25) is 4.99 Å². The lowest BCUT2D eigenvalue weighted by atomic mass is 9.70. The lowest BCUT2D eigenvalue weighted by Crippen LogP contribution is -2.55. The molecule has 3 heterocycles. The maximum absolute atomic E-state index is 6.33. The number of amidine groups is 1. The number of fused-ring (bicyclic) bond motifs is 1. The Hall–Kier alpha value is -1.66. The number of nitrogens with zero attached hydrogens (tertiary/aromatic N) is 5. The van der Waals surface area contributed by atoms with Crippen LogP contribution in [0.15, 0.2) is 41.5 Å². The highest BCUT2D eigenvalue weighted by Crippen LogP contribution is 2.45. The Morgan fingerprint density at radius 1 is 1.16 bits per heavy atom. The summed E-state index contributed by atoms with van der Waals surface area (Å²) in [5, 5.41) is 1.28. The molecule has 4 rings (SSSR count). The van der Waals surface area contributed by atoms with Crippen molar-refractivity contribution < 1.29 is 0 Å². The van der Waals surface area contributed by atoms with Crippen LogP contribution in [0.4, 0.5) is 5.69 Å². The fourth-order valence-electron chi connectivity index (χ4n) is 4.71. The van der Waals surface area contributed by atoms with Crippen molar-refractivity contribution in [1.29, 1.82) is 0 Å². The molecule has 7 heteroatoms. The van der Waals surface area contributed by atoms with Crippen LogP contribution >= 0.6 is 23.2 Å². The summed E-state index contributed by atoms with van der Waals surface area (Å²) < 4.78 is 0. The molecule has 0 N–H and O–H groups in total. The number of likely N-dealkylation sites (tertiary alicyclic amines) is 1. The Balaban J connectivity index is 1.78. The fourth-order valence-corrected chi connectivity index (χ4v) is 5.07. The van der Waals surface area contributed by atoms with E-state index in [2.05, 4.69) is 46.9 Å². The van der Waals surface area contributed by atoms with Crippen molar-refractivity contribution in [2.75, 3.05) is 52.2 Å². The number of pyridine rings is 1. The number of aliphatic imine (C=N–C) groups is 1. The third-order valence-corrected chi connectivity index (χ3v) is 6.94. The minimum absolute atomic E-state index is 0.0277. The quantitative estimate of drug-likeness (QED) is 0.610. The van der Waals surface area contributed by atoms with E-state index in [1.165, 1.54) is 11.4 Å². The molecule has 1 spiro atoms. The third kappa shape index (κ3) is 5.06. The summed E-state index contributed by atoms with van der Waals surface area (Å²) in [7, 11) is 6.43. The minimum atomic E-state index is 0.0277. The number of likely N-dealkylation sites (N-methyl/N-ethyl adjacent to an activating group) is 1. The van der Waals surface area contributed by atoms with E-state index in [9.17, 15) is 0 Å². The number of benzene rings is 1. The van der Waals surface area contributed by atoms with Crippen molar-refractivity contribution in [2.24, 2.45) is 10.4 Å². The second-order valence-electron chi connectivity index (χ2n) is 9.12. The number of piperidine rings is 1. The van der Waals surface area contributed by atoms with Crippen LogP contribution in [0.25, 0.3) is 0 Å². The zero-order chi connectivity index (χ0) is 22.0. The lowest BCUT2D eigenvalue weighted by Gasteiger charge is -2.49. The van der Waals surface area contributed by atoms with Crippen molar-refractivity contribution in [3.63, 3.8) is 0 Å². The number of hydrogen-bond acceptors (Lipinski definition) is 4. The van der Waals surface area contributed by atoms with Crippen LogP contribution in [-0.4, -0.2) is 67.9 Å². The van der Waals surface area contributed by atoms with Gasteiger partial charge in [0.25, 0.3) is 0 Å². The highest BCUT2D eigenvalue weighted by atomic mass is 35.5. The summed E-state index contributed by atoms with van der Waals surface area (Å²) in [6.45, 7) is 4.58. The summed E-state index contributed by atoms with van der Waals surface area (Å²) in [5.41, 5.74) is 3.58. The van der Waals surface area contributed by atoms with E-state index in [0.717, 1.165) is 61.7 Å². The van der Waals surface area contributed by atoms with Gasteiger partial charge in [0.15, 0.2) is 0 Å². The Bertz CT molecular complexity index is 951. The molecular weight excluding hydrogens is 429 g/mol. The van der Waals surface area contributed by atoms with Gasteiger partial charge in [-0.05, 0) is 82.8 Å². The van der Waals surface area contributed by atoms with Gasteiger partial charge in [0.05, 0.1) is 6.54 Å². The topological polar surface area (TPSA) is 35.0 Å². The predicted octanol–water partition coefficient (Wildman–Crippen LogP) is 4.62. The normalized spacial score (nSPS) is 19.9. The second kappa shape index (κ2) is 9.45. The summed E-state index contributed by atoms with van der Waals surface area (Å²) in [6.07, 6.45) is 5.12. The van der Waals surface area contributed by atoms with Crippen LogP contribution in [-0.2, 0) is 13.0 Å². The molecule has 1 fully saturated rings. The number of rotatable bonds is 5. The van der Waals surface area contributed by atoms with Crippen LogP contribution in [0.2, 0.25) is 10.2 Å². The first-order valence-electron chi connectivity index (χ1n) is 10.9. The molecule has 0 atom stereocenters. The molecule has 0 saturated carbocycles. The third-order valence-electron chi connectivity index (χ3n) is 6.49. The number of anilines is 1. The van der Waals surface area contributed by atoms with Gasteiger partial charge in [-0.1, -0.05) is 35.3 Å². The van der Waals surface area contributed by atoms with E-state index in [-0.39, 0.29) is 5.41 Å². The Morgan fingerprint density at radius 2 is 1.94 bits per heavy atom. The van der Waals surface area contributed by atoms with Crippen molar-refractivity contribution in [1.82, 2.24) is 14.8 Å². The van der Waals surface area contributed by atoms with Gasteiger partial charge in [0.1, 0.15) is 11.0 Å². The van der Waals surface area contributed by atoms with Crippen molar-refractivity contribution in [2.45, 2.75) is 25.8 Å². The summed E-state index contributed by atoms with van der Waals surface area (Å²) in [4.78, 5) is 16.7. The van der Waals surface area contributed by atoms with Gasteiger partial charge in [0.2, 0.25) is 0 Å². The van der Waals surface area contributed by atoms with E-state index in [1.807, 2.05) is 30.5 Å². The maximum atomic E-state index is 6.33. The number of aromatic nitrogens is 1. The van der Waals surface area contributed by atoms with Crippen LogP contribution in [0.1, 0.15) is 24.0 Å². The summed E-state index contributed by atoms with van der Waals surface area (Å²) in [6, 6.07) is 10.0. The van der Waals surface area contributed by atoms with Crippen LogP contribution < -0.4 is 4.90 Å². The molecule has 0 amide bonds. The Labute approximate surface area is 195 Å². The highest BCUT2D eigenvalue weighted by molar-refractivity contribution is 6.30. The van der Waals surface area contributed by atoms with E-state index in [4.69, 9.17) is 28.2 Å². The average molecular weight is 460 g/mol. The molecule has 0 radical (unpaired) electrons. The first-order chi connectivity index (χ1) is 14.9. The second-order valence-corrected chi connectivity index (χ2v) is 9.94. The maximum Gasteiger partial charge on any atom is 0.131 e. The molecule has 2 aromatic rings. The standard InChI is InChI=1S/C24H31Cl2N5/c1-29(2)11-12-31-21-14-22(26)27-17-19(21)15-24(7-9-30(3)10-8-24)23(31)28-16-18-5-4-6-20(25)13-18/h4-6,13-14,17H,7-12,15-16H2,1-3H3. The molecule has 31 heavy (non-hydrogen) atoms. The van der Waals surface area contributed by atoms with Gasteiger partial charge < -0.3 is 14.7 Å². The number of halogens is 2. The molecule has 1 aromatic heterocycles. The monoisotopic (exact) mass is 459 g/mol. The van der Waals surface area contributed by atoms with Gasteiger partial charge in [0, 0.05) is 35.4 Å². The van der Waals surface area contributed by atoms with Gasteiger partial charge in [-0.2, -0.15) is 0 Å². The molecule has 5 nitrogen and oxygen atoms in total. The first kappa shape index (κ1) is 22.5. The summed E-state index contributed by atoms with van der Waals surface area (Å²) >= 11 is 12.6. The molecule has 2 aliphatic rings. The largest absolute Gasteiger partial charge is 0.328 e. The lowest BCUT2D eigenvalue weighted by molar-refractivity contribution is 0.175. The fraction of sp³-hybridized carbons (Fsp3) is 0.500. The number of hydrogen-bond donors (Lipinski definition) is 0. The van der Waals surface area contributed by atoms with E-state index in [1.54, 1.807) is 0 Å². The van der Waals surface area contributed by atoms with E-state index >= 15 is 0 Å². The zero-order valence-corrected chi connectivity index (χ0v) is 20.1. The van der Waals surface area contributed by atoms with Crippen molar-refractivity contribution in [3.05, 3.63) is 57.8 Å². The SMILES string of the molecule is CN(C)CCN1C(=NCc2cccc(Cl)c2)C2(CCN(C)CC2)Cc2cnc(Cl)cc21. The molecular formula is C24H31Cl2N5. The van der Waals surface area contributed by atoms with Crippen molar-refractivity contribution in [3.8, 4) is 0 Å². The molecule has 2 aliphatic heterocycles. The highest BCUT2D eigenvalue weighted by Gasteiger charge is 2.45. The van der Waals surface area contributed by atoms with Gasteiger partial charge in [-0.25, -0.2) is 4.98 Å². The minimum Gasteiger partial charge on any atom is -0.328 e. The average Bonchev–Trinajstić information content (AvgIpc) is 2.73. The Kier molecular flexibility index (Phi) is 6.87. The predicted molar refractivity (Wildman–Crippen MR) is 131 cm³/mol. The molecule has 1 aromatic carbocycles. The molecule has 1 saturated heterocycles. The van der Waals surface area contributed by atoms with Crippen molar-refractivity contribution >= 4 is 34.7 Å². The van der Waals surface area contributed by atoms with E-state index < -0.39 is 0 Å². The molecule has 0 bridgehead atoms. The van der Waals surface area contributed by atoms with Crippen LogP contribution in [0, 0.1) is 5.41 Å². The molecule has 166 valence electrons. The van der Waals surface area contributed by atoms with E-state index in [0.29, 0.717) is 11.7 Å². The molecule has 0 unspecified atom stereocenters.